The molecule has 0 aliphatic carbocycles. The molecule has 78 valence electrons. The third-order valence-corrected chi connectivity index (χ3v) is 2.66. The number of hydrazine groups is 1. The van der Waals surface area contributed by atoms with Crippen LogP contribution in [-0.2, 0) is 10.0 Å². The van der Waals surface area contributed by atoms with E-state index in [9.17, 15) is 8.42 Å². The maximum Gasteiger partial charge on any atom is 0.221 e. The number of piperidine rings is 1. The molecule has 0 unspecified atom stereocenters. The lowest BCUT2D eigenvalue weighted by molar-refractivity contribution is 0.231. The number of rotatable bonds is 3. The SMILES string of the molecule is CN1CCC(NNS(C)(=O)=O)CC1. The van der Waals surface area contributed by atoms with Crippen LogP contribution in [0.5, 0.6) is 0 Å². The van der Waals surface area contributed by atoms with Gasteiger partial charge in [0.15, 0.2) is 0 Å². The molecule has 1 heterocycles. The molecule has 1 rings (SSSR count). The van der Waals surface area contributed by atoms with Crippen molar-refractivity contribution in [3.8, 4) is 0 Å². The number of hydrogen-bond acceptors (Lipinski definition) is 4. The first-order chi connectivity index (χ1) is 5.97. The van der Waals surface area contributed by atoms with Crippen LogP contribution in [0.2, 0.25) is 0 Å². The molecular formula is C7H17N3O2S. The summed E-state index contributed by atoms with van der Waals surface area (Å²) >= 11 is 0. The monoisotopic (exact) mass is 207 g/mol. The van der Waals surface area contributed by atoms with Crippen molar-refractivity contribution in [3.05, 3.63) is 0 Å². The lowest BCUT2D eigenvalue weighted by atomic mass is 10.1. The van der Waals surface area contributed by atoms with Crippen LogP contribution in [0.4, 0.5) is 0 Å². The van der Waals surface area contributed by atoms with Crippen LogP contribution >= 0.6 is 0 Å². The van der Waals surface area contributed by atoms with Crippen molar-refractivity contribution in [1.82, 2.24) is 15.2 Å². The van der Waals surface area contributed by atoms with Crippen molar-refractivity contribution in [2.24, 2.45) is 0 Å². The minimum Gasteiger partial charge on any atom is -0.306 e. The van der Waals surface area contributed by atoms with Gasteiger partial charge in [0.05, 0.1) is 6.26 Å². The Hall–Kier alpha value is -0.170. The Labute approximate surface area is 79.5 Å². The van der Waals surface area contributed by atoms with Gasteiger partial charge in [-0.15, -0.1) is 0 Å². The lowest BCUT2D eigenvalue weighted by Crippen LogP contribution is -2.48. The molecule has 5 nitrogen and oxygen atoms in total. The van der Waals surface area contributed by atoms with Gasteiger partial charge < -0.3 is 4.90 Å². The molecule has 6 heteroatoms. The van der Waals surface area contributed by atoms with Crippen LogP contribution in [0.25, 0.3) is 0 Å². The average molecular weight is 207 g/mol. The molecule has 0 aromatic heterocycles. The number of hydrogen-bond donors (Lipinski definition) is 2. The van der Waals surface area contributed by atoms with Crippen molar-refractivity contribution < 1.29 is 8.42 Å². The fourth-order valence-corrected chi connectivity index (χ4v) is 1.72. The lowest BCUT2D eigenvalue weighted by Gasteiger charge is -2.29. The zero-order chi connectivity index (χ0) is 9.90. The van der Waals surface area contributed by atoms with Gasteiger partial charge in [0, 0.05) is 6.04 Å². The maximum atomic E-state index is 10.8. The first-order valence-electron chi connectivity index (χ1n) is 4.38. The van der Waals surface area contributed by atoms with Crippen molar-refractivity contribution in [3.63, 3.8) is 0 Å². The molecule has 0 aromatic rings. The van der Waals surface area contributed by atoms with E-state index in [4.69, 9.17) is 0 Å². The van der Waals surface area contributed by atoms with Gasteiger partial charge in [-0.3, -0.25) is 0 Å². The minimum atomic E-state index is -3.11. The largest absolute Gasteiger partial charge is 0.306 e. The van der Waals surface area contributed by atoms with Crippen LogP contribution in [0.3, 0.4) is 0 Å². The maximum absolute atomic E-state index is 10.8. The highest BCUT2D eigenvalue weighted by Gasteiger charge is 2.16. The highest BCUT2D eigenvalue weighted by Crippen LogP contribution is 2.06. The van der Waals surface area contributed by atoms with Crippen molar-refractivity contribution in [2.45, 2.75) is 18.9 Å². The Morgan fingerprint density at radius 3 is 2.31 bits per heavy atom. The molecule has 0 amide bonds. The summed E-state index contributed by atoms with van der Waals surface area (Å²) in [5.41, 5.74) is 2.82. The second-order valence-electron chi connectivity index (χ2n) is 3.60. The van der Waals surface area contributed by atoms with E-state index < -0.39 is 10.0 Å². The van der Waals surface area contributed by atoms with Gasteiger partial charge in [-0.2, -0.15) is 4.83 Å². The van der Waals surface area contributed by atoms with Gasteiger partial charge >= 0.3 is 0 Å². The molecule has 0 atom stereocenters. The molecule has 1 saturated heterocycles. The summed E-state index contributed by atoms with van der Waals surface area (Å²) in [6.45, 7) is 2.03. The second-order valence-corrected chi connectivity index (χ2v) is 5.34. The third-order valence-electron chi connectivity index (χ3n) is 2.17. The highest BCUT2D eigenvalue weighted by atomic mass is 32.2. The molecule has 0 radical (unpaired) electrons. The Bertz CT molecular complexity index is 244. The summed E-state index contributed by atoms with van der Waals surface area (Å²) in [5, 5.41) is 0. The topological polar surface area (TPSA) is 61.4 Å². The van der Waals surface area contributed by atoms with E-state index in [1.165, 1.54) is 0 Å². The average Bonchev–Trinajstić information content (AvgIpc) is 2.02. The van der Waals surface area contributed by atoms with Crippen LogP contribution in [-0.4, -0.2) is 45.8 Å². The van der Waals surface area contributed by atoms with Crippen molar-refractivity contribution in [2.75, 3.05) is 26.4 Å². The van der Waals surface area contributed by atoms with Gasteiger partial charge in [-0.1, -0.05) is 0 Å². The van der Waals surface area contributed by atoms with Gasteiger partial charge in [-0.25, -0.2) is 13.8 Å². The molecule has 1 aliphatic rings. The van der Waals surface area contributed by atoms with E-state index in [0.717, 1.165) is 32.2 Å². The van der Waals surface area contributed by atoms with Gasteiger partial charge in [-0.05, 0) is 33.0 Å². The molecule has 0 bridgehead atoms. The molecule has 0 spiro atoms. The Balaban J connectivity index is 2.24. The van der Waals surface area contributed by atoms with Crippen LogP contribution < -0.4 is 10.3 Å². The summed E-state index contributed by atoms with van der Waals surface area (Å²) in [4.78, 5) is 4.54. The molecular weight excluding hydrogens is 190 g/mol. The second kappa shape index (κ2) is 4.36. The van der Waals surface area contributed by atoms with Gasteiger partial charge in [0.1, 0.15) is 0 Å². The van der Waals surface area contributed by atoms with E-state index >= 15 is 0 Å². The summed E-state index contributed by atoms with van der Waals surface area (Å²) in [7, 11) is -1.04. The molecule has 13 heavy (non-hydrogen) atoms. The summed E-state index contributed by atoms with van der Waals surface area (Å²) in [5.74, 6) is 0. The molecule has 1 fully saturated rings. The summed E-state index contributed by atoms with van der Waals surface area (Å²) in [6.07, 6.45) is 3.12. The number of nitrogens with zero attached hydrogens (tertiary/aromatic N) is 1. The van der Waals surface area contributed by atoms with Crippen LogP contribution in [0.15, 0.2) is 0 Å². The smallest absolute Gasteiger partial charge is 0.221 e. The zero-order valence-electron chi connectivity index (χ0n) is 8.08. The predicted molar refractivity (Wildman–Crippen MR) is 51.6 cm³/mol. The fourth-order valence-electron chi connectivity index (χ4n) is 1.34. The first kappa shape index (κ1) is 10.9. The number of sulfonamides is 1. The highest BCUT2D eigenvalue weighted by molar-refractivity contribution is 7.88. The Morgan fingerprint density at radius 1 is 1.31 bits per heavy atom. The minimum absolute atomic E-state index is 0.269. The van der Waals surface area contributed by atoms with Crippen LogP contribution in [0, 0.1) is 0 Å². The predicted octanol–water partition coefficient (Wildman–Crippen LogP) is -0.866. The third kappa shape index (κ3) is 4.56. The van der Waals surface area contributed by atoms with E-state index in [-0.39, 0.29) is 6.04 Å². The van der Waals surface area contributed by atoms with Gasteiger partial charge in [0.2, 0.25) is 10.0 Å². The van der Waals surface area contributed by atoms with E-state index in [1.54, 1.807) is 0 Å². The van der Waals surface area contributed by atoms with Crippen molar-refractivity contribution >= 4 is 10.0 Å². The number of nitrogens with one attached hydrogen (secondary N) is 2. The normalized spacial score (nSPS) is 22.0. The van der Waals surface area contributed by atoms with E-state index in [0.29, 0.717) is 0 Å². The molecule has 2 N–H and O–H groups in total. The van der Waals surface area contributed by atoms with Gasteiger partial charge in [0.25, 0.3) is 0 Å². The van der Waals surface area contributed by atoms with Crippen molar-refractivity contribution in [1.29, 1.82) is 0 Å². The standard InChI is InChI=1S/C7H17N3O2S/c1-10-5-3-7(4-6-10)8-9-13(2,11)12/h7-9H,3-6H2,1-2H3. The Morgan fingerprint density at radius 2 is 1.85 bits per heavy atom. The summed E-state index contributed by atoms with van der Waals surface area (Å²) < 4.78 is 21.5. The molecule has 0 saturated carbocycles. The fraction of sp³-hybridized carbons (Fsp3) is 1.00. The zero-order valence-corrected chi connectivity index (χ0v) is 8.89. The Kier molecular flexibility index (Phi) is 3.66. The summed E-state index contributed by atoms with van der Waals surface area (Å²) in [6, 6.07) is 0.269. The van der Waals surface area contributed by atoms with E-state index in [1.807, 2.05) is 0 Å². The molecule has 0 aromatic carbocycles. The first-order valence-corrected chi connectivity index (χ1v) is 6.27. The number of likely N-dealkylation sites (tertiary alicyclic amines) is 1. The quantitative estimate of drug-likeness (QED) is 0.591. The molecule has 1 aliphatic heterocycles. The van der Waals surface area contributed by atoms with E-state index in [2.05, 4.69) is 22.2 Å². The van der Waals surface area contributed by atoms with Crippen LogP contribution in [0.1, 0.15) is 12.8 Å².